The summed E-state index contributed by atoms with van der Waals surface area (Å²) in [4.78, 5) is 6.37. The maximum Gasteiger partial charge on any atom is 0.0459 e. The lowest BCUT2D eigenvalue weighted by molar-refractivity contribution is 0.126. The summed E-state index contributed by atoms with van der Waals surface area (Å²) >= 11 is 0. The molecule has 118 valence electrons. The molecule has 1 aromatic heterocycles. The number of rotatable bonds is 3. The van der Waals surface area contributed by atoms with E-state index in [4.69, 9.17) is 0 Å². The highest BCUT2D eigenvalue weighted by Crippen LogP contribution is 2.43. The summed E-state index contributed by atoms with van der Waals surface area (Å²) < 4.78 is 0. The molecule has 22 heavy (non-hydrogen) atoms. The molecule has 1 aliphatic heterocycles. The number of nitrogens with zero attached hydrogens (tertiary/aromatic N) is 1. The van der Waals surface area contributed by atoms with Crippen molar-refractivity contribution < 1.29 is 0 Å². The molecule has 4 rings (SSSR count). The smallest absolute Gasteiger partial charge is 0.0459 e. The van der Waals surface area contributed by atoms with Crippen LogP contribution in [0, 0.1) is 12.8 Å². The van der Waals surface area contributed by atoms with E-state index in [0.29, 0.717) is 6.04 Å². The SMILES string of the molecule is Cc1[nH]c2ccccc2c1[C@H](C1CCCC1)N1CCNCC1. The minimum absolute atomic E-state index is 0.598. The van der Waals surface area contributed by atoms with E-state index in [9.17, 15) is 0 Å². The van der Waals surface area contributed by atoms with Gasteiger partial charge in [-0.05, 0) is 37.3 Å². The summed E-state index contributed by atoms with van der Waals surface area (Å²) in [6.45, 7) is 6.88. The van der Waals surface area contributed by atoms with Crippen LogP contribution in [0.3, 0.4) is 0 Å². The summed E-state index contributed by atoms with van der Waals surface area (Å²) in [5.41, 5.74) is 4.24. The standard InChI is InChI=1S/C19H27N3/c1-14-18(16-8-4-5-9-17(16)21-14)19(15-6-2-3-7-15)22-12-10-20-11-13-22/h4-5,8-9,15,19-21H,2-3,6-7,10-13H2,1H3/t19-/m0/s1. The van der Waals surface area contributed by atoms with Gasteiger partial charge in [-0.3, -0.25) is 4.90 Å². The Morgan fingerprint density at radius 1 is 1.09 bits per heavy atom. The van der Waals surface area contributed by atoms with Crippen LogP contribution in [0.25, 0.3) is 10.9 Å². The molecule has 0 spiro atoms. The number of aryl methyl sites for hydroxylation is 1. The Hall–Kier alpha value is -1.32. The van der Waals surface area contributed by atoms with Crippen molar-refractivity contribution in [3.8, 4) is 0 Å². The van der Waals surface area contributed by atoms with Crippen LogP contribution in [0.2, 0.25) is 0 Å². The van der Waals surface area contributed by atoms with Gasteiger partial charge < -0.3 is 10.3 Å². The summed E-state index contributed by atoms with van der Waals surface area (Å²) in [6.07, 6.45) is 5.62. The van der Waals surface area contributed by atoms with E-state index in [1.54, 1.807) is 5.56 Å². The van der Waals surface area contributed by atoms with Crippen molar-refractivity contribution in [1.29, 1.82) is 0 Å². The quantitative estimate of drug-likeness (QED) is 0.906. The number of nitrogens with one attached hydrogen (secondary N) is 2. The molecule has 0 unspecified atom stereocenters. The molecule has 3 heteroatoms. The van der Waals surface area contributed by atoms with Gasteiger partial charge in [-0.25, -0.2) is 0 Å². The number of benzene rings is 1. The van der Waals surface area contributed by atoms with Gasteiger partial charge >= 0.3 is 0 Å². The fraction of sp³-hybridized carbons (Fsp3) is 0.579. The number of aromatic amines is 1. The molecule has 2 N–H and O–H groups in total. The van der Waals surface area contributed by atoms with Gasteiger partial charge in [0, 0.05) is 48.8 Å². The third-order valence-corrected chi connectivity index (χ3v) is 5.63. The highest BCUT2D eigenvalue weighted by Gasteiger charge is 2.34. The normalized spacial score (nSPS) is 22.4. The van der Waals surface area contributed by atoms with Crippen LogP contribution < -0.4 is 5.32 Å². The maximum absolute atomic E-state index is 3.63. The summed E-state index contributed by atoms with van der Waals surface area (Å²) in [7, 11) is 0. The highest BCUT2D eigenvalue weighted by atomic mass is 15.2. The second kappa shape index (κ2) is 6.05. The predicted octanol–water partition coefficient (Wildman–Crippen LogP) is 3.61. The molecule has 1 saturated carbocycles. The third-order valence-electron chi connectivity index (χ3n) is 5.63. The Kier molecular flexibility index (Phi) is 3.93. The van der Waals surface area contributed by atoms with Crippen LogP contribution in [-0.2, 0) is 0 Å². The van der Waals surface area contributed by atoms with Crippen molar-refractivity contribution in [3.63, 3.8) is 0 Å². The largest absolute Gasteiger partial charge is 0.358 e. The van der Waals surface area contributed by atoms with Gasteiger partial charge in [0.2, 0.25) is 0 Å². The van der Waals surface area contributed by atoms with Crippen molar-refractivity contribution in [1.82, 2.24) is 15.2 Å². The van der Waals surface area contributed by atoms with Crippen LogP contribution in [0.5, 0.6) is 0 Å². The number of hydrogen-bond donors (Lipinski definition) is 2. The van der Waals surface area contributed by atoms with Gasteiger partial charge in [0.1, 0.15) is 0 Å². The zero-order chi connectivity index (χ0) is 14.9. The van der Waals surface area contributed by atoms with Crippen LogP contribution >= 0.6 is 0 Å². The first-order valence-electron chi connectivity index (χ1n) is 8.86. The Balaban J connectivity index is 1.79. The minimum atomic E-state index is 0.598. The van der Waals surface area contributed by atoms with Crippen LogP contribution in [0.4, 0.5) is 0 Å². The monoisotopic (exact) mass is 297 g/mol. The maximum atomic E-state index is 3.63. The predicted molar refractivity (Wildman–Crippen MR) is 92.2 cm³/mol. The average Bonchev–Trinajstić information content (AvgIpc) is 3.18. The molecular formula is C19H27N3. The summed E-state index contributed by atoms with van der Waals surface area (Å²) in [6, 6.07) is 9.44. The molecular weight excluding hydrogens is 270 g/mol. The summed E-state index contributed by atoms with van der Waals surface area (Å²) in [5, 5.41) is 4.95. The molecule has 0 bridgehead atoms. The Bertz CT molecular complexity index is 633. The van der Waals surface area contributed by atoms with E-state index in [2.05, 4.69) is 46.4 Å². The number of H-pyrrole nitrogens is 1. The lowest BCUT2D eigenvalue weighted by atomic mass is 9.88. The molecule has 0 radical (unpaired) electrons. The van der Waals surface area contributed by atoms with E-state index in [-0.39, 0.29) is 0 Å². The first-order chi connectivity index (χ1) is 10.8. The number of aromatic nitrogens is 1. The van der Waals surface area contributed by atoms with Gasteiger partial charge in [0.15, 0.2) is 0 Å². The third kappa shape index (κ3) is 2.46. The van der Waals surface area contributed by atoms with E-state index in [1.165, 1.54) is 55.4 Å². The van der Waals surface area contributed by atoms with Gasteiger partial charge in [-0.15, -0.1) is 0 Å². The molecule has 2 aromatic rings. The zero-order valence-electron chi connectivity index (χ0n) is 13.6. The minimum Gasteiger partial charge on any atom is -0.358 e. The zero-order valence-corrected chi connectivity index (χ0v) is 13.6. The fourth-order valence-electron chi connectivity index (χ4n) is 4.63. The molecule has 1 aliphatic carbocycles. The molecule has 0 amide bonds. The molecule has 2 heterocycles. The van der Waals surface area contributed by atoms with Crippen molar-refractivity contribution in [2.45, 2.75) is 38.6 Å². The molecule has 2 aliphatic rings. The molecule has 3 nitrogen and oxygen atoms in total. The second-order valence-corrected chi connectivity index (χ2v) is 6.98. The lowest BCUT2D eigenvalue weighted by Crippen LogP contribution is -2.46. The second-order valence-electron chi connectivity index (χ2n) is 6.98. The number of piperazine rings is 1. The van der Waals surface area contributed by atoms with Crippen molar-refractivity contribution in [3.05, 3.63) is 35.5 Å². The molecule has 2 fully saturated rings. The fourth-order valence-corrected chi connectivity index (χ4v) is 4.63. The van der Waals surface area contributed by atoms with Crippen molar-refractivity contribution >= 4 is 10.9 Å². The van der Waals surface area contributed by atoms with Gasteiger partial charge in [-0.2, -0.15) is 0 Å². The lowest BCUT2D eigenvalue weighted by Gasteiger charge is -2.39. The number of hydrogen-bond acceptors (Lipinski definition) is 2. The van der Waals surface area contributed by atoms with E-state index in [0.717, 1.165) is 19.0 Å². The van der Waals surface area contributed by atoms with Gasteiger partial charge in [0.05, 0.1) is 0 Å². The van der Waals surface area contributed by atoms with Gasteiger partial charge in [-0.1, -0.05) is 31.0 Å². The van der Waals surface area contributed by atoms with E-state index in [1.807, 2.05) is 0 Å². The van der Waals surface area contributed by atoms with Crippen molar-refractivity contribution in [2.24, 2.45) is 5.92 Å². The van der Waals surface area contributed by atoms with Crippen LogP contribution in [0.15, 0.2) is 24.3 Å². The average molecular weight is 297 g/mol. The van der Waals surface area contributed by atoms with E-state index < -0.39 is 0 Å². The Morgan fingerprint density at radius 3 is 2.59 bits per heavy atom. The molecule has 1 atom stereocenters. The van der Waals surface area contributed by atoms with Gasteiger partial charge in [0.25, 0.3) is 0 Å². The highest BCUT2D eigenvalue weighted by molar-refractivity contribution is 5.85. The summed E-state index contributed by atoms with van der Waals surface area (Å²) in [5.74, 6) is 0.830. The first-order valence-corrected chi connectivity index (χ1v) is 8.86. The van der Waals surface area contributed by atoms with Crippen LogP contribution in [-0.4, -0.2) is 36.1 Å². The number of para-hydroxylation sites is 1. The number of fused-ring (bicyclic) bond motifs is 1. The van der Waals surface area contributed by atoms with Crippen molar-refractivity contribution in [2.75, 3.05) is 26.2 Å². The molecule has 1 aromatic carbocycles. The first kappa shape index (κ1) is 14.3. The topological polar surface area (TPSA) is 31.1 Å². The molecule has 1 saturated heterocycles. The van der Waals surface area contributed by atoms with E-state index >= 15 is 0 Å². The Labute approximate surface area is 133 Å². The Morgan fingerprint density at radius 2 is 1.82 bits per heavy atom. The van der Waals surface area contributed by atoms with Crippen LogP contribution in [0.1, 0.15) is 43.0 Å².